The summed E-state index contributed by atoms with van der Waals surface area (Å²) in [5, 5.41) is 9.84. The van der Waals surface area contributed by atoms with E-state index in [2.05, 4.69) is 27.7 Å². The summed E-state index contributed by atoms with van der Waals surface area (Å²) in [6.07, 6.45) is 6.58. The van der Waals surface area contributed by atoms with Gasteiger partial charge in [-0.15, -0.1) is 0 Å². The van der Waals surface area contributed by atoms with Gasteiger partial charge >= 0.3 is 11.9 Å². The molecule has 0 fully saturated rings. The standard InChI is InChI=1S/C20H38O5/c1-5-9-11-16(7-3)14-24-19(22)13-18(21)20(23)25-15-17(8-4)12-10-6-2/h16-18,21H,5-15H2,1-4H3/t16-,17-,18+/m0/s1. The highest BCUT2D eigenvalue weighted by Crippen LogP contribution is 2.15. The van der Waals surface area contributed by atoms with Gasteiger partial charge in [-0.25, -0.2) is 4.79 Å². The summed E-state index contributed by atoms with van der Waals surface area (Å²) in [5.41, 5.74) is 0. The molecule has 148 valence electrons. The molecule has 0 aliphatic carbocycles. The van der Waals surface area contributed by atoms with Crippen LogP contribution in [-0.2, 0) is 19.1 Å². The summed E-state index contributed by atoms with van der Waals surface area (Å²) in [6, 6.07) is 0. The van der Waals surface area contributed by atoms with E-state index in [1.54, 1.807) is 0 Å². The van der Waals surface area contributed by atoms with Crippen molar-refractivity contribution in [2.24, 2.45) is 11.8 Å². The second-order valence-corrected chi connectivity index (χ2v) is 6.87. The summed E-state index contributed by atoms with van der Waals surface area (Å²) in [7, 11) is 0. The molecule has 0 rings (SSSR count). The molecule has 3 atom stereocenters. The molecule has 5 heteroatoms. The maximum Gasteiger partial charge on any atom is 0.335 e. The number of hydrogen-bond acceptors (Lipinski definition) is 5. The van der Waals surface area contributed by atoms with E-state index in [4.69, 9.17) is 9.47 Å². The topological polar surface area (TPSA) is 72.8 Å². The number of carbonyl (C=O) groups is 2. The first-order chi connectivity index (χ1) is 12.0. The number of aliphatic hydroxyl groups excluding tert-OH is 1. The summed E-state index contributed by atoms with van der Waals surface area (Å²) in [5.74, 6) is -0.619. The average Bonchev–Trinajstić information content (AvgIpc) is 2.61. The lowest BCUT2D eigenvalue weighted by Gasteiger charge is -2.17. The normalized spacial score (nSPS) is 14.6. The van der Waals surface area contributed by atoms with E-state index in [1.807, 2.05) is 0 Å². The van der Waals surface area contributed by atoms with E-state index in [-0.39, 0.29) is 6.42 Å². The third-order valence-electron chi connectivity index (χ3n) is 4.66. The van der Waals surface area contributed by atoms with Crippen LogP contribution in [0.4, 0.5) is 0 Å². The van der Waals surface area contributed by atoms with Crippen molar-refractivity contribution in [3.05, 3.63) is 0 Å². The number of rotatable bonds is 15. The number of carbonyl (C=O) groups excluding carboxylic acids is 2. The van der Waals surface area contributed by atoms with Gasteiger partial charge in [-0.1, -0.05) is 66.2 Å². The lowest BCUT2D eigenvalue weighted by Crippen LogP contribution is -2.29. The highest BCUT2D eigenvalue weighted by atomic mass is 16.6. The van der Waals surface area contributed by atoms with Gasteiger partial charge in [-0.2, -0.15) is 0 Å². The van der Waals surface area contributed by atoms with Crippen LogP contribution >= 0.6 is 0 Å². The van der Waals surface area contributed by atoms with Crippen molar-refractivity contribution in [2.45, 2.75) is 91.6 Å². The lowest BCUT2D eigenvalue weighted by molar-refractivity contribution is -0.161. The van der Waals surface area contributed by atoms with Crippen molar-refractivity contribution in [1.82, 2.24) is 0 Å². The fourth-order valence-corrected chi connectivity index (χ4v) is 2.60. The van der Waals surface area contributed by atoms with Gasteiger partial charge in [0.2, 0.25) is 0 Å². The predicted molar refractivity (Wildman–Crippen MR) is 99.2 cm³/mol. The third kappa shape index (κ3) is 12.0. The van der Waals surface area contributed by atoms with Gasteiger partial charge in [0.25, 0.3) is 0 Å². The molecule has 0 aromatic rings. The van der Waals surface area contributed by atoms with E-state index >= 15 is 0 Å². The lowest BCUT2D eigenvalue weighted by atomic mass is 10.0. The van der Waals surface area contributed by atoms with Crippen LogP contribution in [0.3, 0.4) is 0 Å². The van der Waals surface area contributed by atoms with Crippen LogP contribution in [0.2, 0.25) is 0 Å². The summed E-state index contributed by atoms with van der Waals surface area (Å²) in [6.45, 7) is 9.04. The summed E-state index contributed by atoms with van der Waals surface area (Å²) >= 11 is 0. The van der Waals surface area contributed by atoms with E-state index in [0.717, 1.165) is 51.4 Å². The molecule has 0 unspecified atom stereocenters. The Morgan fingerprint density at radius 2 is 1.32 bits per heavy atom. The maximum absolute atomic E-state index is 11.8. The second-order valence-electron chi connectivity index (χ2n) is 6.87. The van der Waals surface area contributed by atoms with Crippen molar-refractivity contribution < 1.29 is 24.2 Å². The zero-order chi connectivity index (χ0) is 19.1. The van der Waals surface area contributed by atoms with Crippen LogP contribution in [0.5, 0.6) is 0 Å². The molecule has 0 heterocycles. The van der Waals surface area contributed by atoms with Gasteiger partial charge in [-0.3, -0.25) is 4.79 Å². The van der Waals surface area contributed by atoms with Crippen LogP contribution in [-0.4, -0.2) is 36.4 Å². The Labute approximate surface area is 153 Å². The van der Waals surface area contributed by atoms with E-state index in [9.17, 15) is 14.7 Å². The largest absolute Gasteiger partial charge is 0.465 e. The monoisotopic (exact) mass is 358 g/mol. The van der Waals surface area contributed by atoms with Gasteiger partial charge < -0.3 is 14.6 Å². The van der Waals surface area contributed by atoms with Crippen LogP contribution in [0.15, 0.2) is 0 Å². The van der Waals surface area contributed by atoms with Crippen LogP contribution < -0.4 is 0 Å². The highest BCUT2D eigenvalue weighted by molar-refractivity contribution is 5.81. The minimum atomic E-state index is -1.44. The van der Waals surface area contributed by atoms with E-state index in [1.165, 1.54) is 0 Å². The summed E-state index contributed by atoms with van der Waals surface area (Å²) < 4.78 is 10.4. The Balaban J connectivity index is 4.09. The molecule has 0 aromatic carbocycles. The highest BCUT2D eigenvalue weighted by Gasteiger charge is 2.23. The molecule has 25 heavy (non-hydrogen) atoms. The molecule has 5 nitrogen and oxygen atoms in total. The molecule has 0 radical (unpaired) electrons. The molecule has 0 saturated heterocycles. The Kier molecular flexibility index (Phi) is 14.5. The number of hydrogen-bond donors (Lipinski definition) is 1. The number of aliphatic hydroxyl groups is 1. The molecular weight excluding hydrogens is 320 g/mol. The van der Waals surface area contributed by atoms with E-state index in [0.29, 0.717) is 25.0 Å². The third-order valence-corrected chi connectivity index (χ3v) is 4.66. The SMILES string of the molecule is CCCC[C@H](CC)COC(=O)C[C@@H](O)C(=O)OC[C@@H](CC)CCCC. The first-order valence-electron chi connectivity index (χ1n) is 9.98. The molecule has 0 saturated carbocycles. The fourth-order valence-electron chi connectivity index (χ4n) is 2.60. The van der Waals surface area contributed by atoms with Gasteiger partial charge in [0.05, 0.1) is 19.6 Å². The van der Waals surface area contributed by atoms with Gasteiger partial charge in [0, 0.05) is 0 Å². The molecule has 1 N–H and O–H groups in total. The molecule has 0 amide bonds. The Morgan fingerprint density at radius 1 is 0.840 bits per heavy atom. The fraction of sp³-hybridized carbons (Fsp3) is 0.900. The maximum atomic E-state index is 11.8. The first kappa shape index (κ1) is 23.9. The summed E-state index contributed by atoms with van der Waals surface area (Å²) in [4.78, 5) is 23.6. The smallest absolute Gasteiger partial charge is 0.335 e. The molecule has 0 aliphatic rings. The molecule has 0 aromatic heterocycles. The average molecular weight is 359 g/mol. The number of unbranched alkanes of at least 4 members (excludes halogenated alkanes) is 2. The molecule has 0 bridgehead atoms. The van der Waals surface area contributed by atoms with Crippen molar-refractivity contribution >= 4 is 11.9 Å². The molecule has 0 aliphatic heterocycles. The quantitative estimate of drug-likeness (QED) is 0.443. The Hall–Kier alpha value is -1.10. The Bertz CT molecular complexity index is 356. The van der Waals surface area contributed by atoms with Crippen LogP contribution in [0.25, 0.3) is 0 Å². The van der Waals surface area contributed by atoms with Gasteiger partial charge in [0.15, 0.2) is 6.10 Å². The molecule has 0 spiro atoms. The minimum absolute atomic E-state index is 0.302. The van der Waals surface area contributed by atoms with Crippen LogP contribution in [0, 0.1) is 11.8 Å². The second kappa shape index (κ2) is 15.2. The predicted octanol–water partition coefficient (Wildman–Crippen LogP) is 4.26. The van der Waals surface area contributed by atoms with Crippen molar-refractivity contribution in [3.63, 3.8) is 0 Å². The zero-order valence-corrected chi connectivity index (χ0v) is 16.6. The molecular formula is C20H38O5. The number of esters is 2. The van der Waals surface area contributed by atoms with Gasteiger partial charge in [-0.05, 0) is 24.7 Å². The zero-order valence-electron chi connectivity index (χ0n) is 16.6. The van der Waals surface area contributed by atoms with Crippen molar-refractivity contribution in [2.75, 3.05) is 13.2 Å². The Morgan fingerprint density at radius 3 is 1.76 bits per heavy atom. The first-order valence-corrected chi connectivity index (χ1v) is 9.98. The van der Waals surface area contributed by atoms with Crippen molar-refractivity contribution in [1.29, 1.82) is 0 Å². The minimum Gasteiger partial charge on any atom is -0.465 e. The number of ether oxygens (including phenoxy) is 2. The van der Waals surface area contributed by atoms with Crippen molar-refractivity contribution in [3.8, 4) is 0 Å². The van der Waals surface area contributed by atoms with Crippen LogP contribution in [0.1, 0.15) is 85.5 Å². The van der Waals surface area contributed by atoms with Gasteiger partial charge in [0.1, 0.15) is 0 Å². The van der Waals surface area contributed by atoms with E-state index < -0.39 is 18.0 Å².